The fourth-order valence-corrected chi connectivity index (χ4v) is 10.1. The molecule has 0 spiro atoms. The Bertz CT molecular complexity index is 946. The molecule has 200 valence electrons. The van der Waals surface area contributed by atoms with Crippen LogP contribution in [0.4, 0.5) is 0 Å². The number of ether oxygens (including phenoxy) is 2. The van der Waals surface area contributed by atoms with Crippen LogP contribution < -0.4 is 5.32 Å². The van der Waals surface area contributed by atoms with Crippen LogP contribution in [-0.4, -0.2) is 72.5 Å². The minimum Gasteiger partial charge on any atom is -0.462 e. The average molecular weight is 501 g/mol. The molecule has 2 heterocycles. The van der Waals surface area contributed by atoms with Crippen LogP contribution in [0.3, 0.4) is 0 Å². The molecule has 6 aliphatic rings. The van der Waals surface area contributed by atoms with E-state index in [1.807, 2.05) is 0 Å². The number of cyclic esters (lactones) is 1. The maximum absolute atomic E-state index is 12.6. The van der Waals surface area contributed by atoms with Gasteiger partial charge in [-0.1, -0.05) is 13.8 Å². The lowest BCUT2D eigenvalue weighted by Gasteiger charge is -2.64. The maximum atomic E-state index is 12.6. The largest absolute Gasteiger partial charge is 0.462 e. The molecule has 0 aromatic rings. The van der Waals surface area contributed by atoms with Crippen LogP contribution in [0.1, 0.15) is 72.1 Å². The number of nitrogens with zero attached hydrogens (tertiary/aromatic N) is 1. The monoisotopic (exact) mass is 500 g/mol. The lowest BCUT2D eigenvalue weighted by atomic mass is 9.43. The molecule has 7 nitrogen and oxygen atoms in total. The Hall–Kier alpha value is -1.44. The molecule has 7 heteroatoms. The molecule has 0 radical (unpaired) electrons. The summed E-state index contributed by atoms with van der Waals surface area (Å²) in [6, 6.07) is 0.703. The number of esters is 2. The van der Waals surface area contributed by atoms with Crippen molar-refractivity contribution in [2.24, 2.45) is 34.5 Å². The van der Waals surface area contributed by atoms with Crippen molar-refractivity contribution in [3.05, 3.63) is 11.6 Å². The Labute approximate surface area is 215 Å². The van der Waals surface area contributed by atoms with E-state index < -0.39 is 17.1 Å². The van der Waals surface area contributed by atoms with Crippen molar-refractivity contribution in [2.45, 2.75) is 89.9 Å². The summed E-state index contributed by atoms with van der Waals surface area (Å²) in [5.74, 6) is 0.590. The SMILES string of the molecule is CC(=O)O[C@H]1C[C@]2(O)[C@@H]3CC[C@@H]4C[C@@H](N5CCNCC5)CC[C@]4(C)[C@H]3CC[C@]2(C)[C@H]1C1=CC(=O)OC1. The molecular weight excluding hydrogens is 456 g/mol. The minimum absolute atomic E-state index is 0.173. The molecule has 5 fully saturated rings. The second-order valence-electron chi connectivity index (χ2n) is 13.2. The van der Waals surface area contributed by atoms with Crippen LogP contribution >= 0.6 is 0 Å². The van der Waals surface area contributed by atoms with E-state index in [9.17, 15) is 14.7 Å². The summed E-state index contributed by atoms with van der Waals surface area (Å²) >= 11 is 0. The predicted molar refractivity (Wildman–Crippen MR) is 135 cm³/mol. The van der Waals surface area contributed by atoms with Crippen LogP contribution in [0.25, 0.3) is 0 Å². The number of hydrogen-bond donors (Lipinski definition) is 2. The lowest BCUT2D eigenvalue weighted by molar-refractivity contribution is -0.206. The molecule has 1 saturated heterocycles. The molecule has 0 aromatic heterocycles. The zero-order chi connectivity index (χ0) is 25.3. The van der Waals surface area contributed by atoms with Crippen LogP contribution in [-0.2, 0) is 19.1 Å². The Morgan fingerprint density at radius 3 is 2.61 bits per heavy atom. The van der Waals surface area contributed by atoms with Gasteiger partial charge in [-0.3, -0.25) is 9.69 Å². The zero-order valence-electron chi connectivity index (χ0n) is 22.3. The second kappa shape index (κ2) is 8.81. The number of nitrogens with one attached hydrogen (secondary N) is 1. The first-order chi connectivity index (χ1) is 17.2. The van der Waals surface area contributed by atoms with E-state index in [1.54, 1.807) is 6.08 Å². The Balaban J connectivity index is 1.28. The van der Waals surface area contributed by atoms with E-state index in [2.05, 4.69) is 24.1 Å². The molecule has 0 unspecified atom stereocenters. The molecule has 6 rings (SSSR count). The second-order valence-corrected chi connectivity index (χ2v) is 13.2. The lowest BCUT2D eigenvalue weighted by Crippen LogP contribution is -2.63. The van der Waals surface area contributed by atoms with Gasteiger partial charge in [-0.25, -0.2) is 4.79 Å². The van der Waals surface area contributed by atoms with Crippen molar-refractivity contribution >= 4 is 11.9 Å². The van der Waals surface area contributed by atoms with Gasteiger partial charge in [0.2, 0.25) is 0 Å². The first-order valence-electron chi connectivity index (χ1n) is 14.4. The minimum atomic E-state index is -0.906. The molecule has 9 atom stereocenters. The van der Waals surface area contributed by atoms with Crippen molar-refractivity contribution in [3.8, 4) is 0 Å². The molecule has 2 aliphatic heterocycles. The molecule has 4 aliphatic carbocycles. The van der Waals surface area contributed by atoms with E-state index in [0.29, 0.717) is 24.3 Å². The van der Waals surface area contributed by atoms with Crippen molar-refractivity contribution in [1.29, 1.82) is 0 Å². The smallest absolute Gasteiger partial charge is 0.331 e. The summed E-state index contributed by atoms with van der Waals surface area (Å²) in [5.41, 5.74) is -0.198. The number of rotatable bonds is 3. The number of aliphatic hydroxyl groups is 1. The van der Waals surface area contributed by atoms with E-state index in [1.165, 1.54) is 45.7 Å². The topological polar surface area (TPSA) is 88.1 Å². The van der Waals surface area contributed by atoms with Crippen molar-refractivity contribution in [2.75, 3.05) is 32.8 Å². The Morgan fingerprint density at radius 2 is 1.92 bits per heavy atom. The zero-order valence-corrected chi connectivity index (χ0v) is 22.3. The third-order valence-electron chi connectivity index (χ3n) is 11.9. The van der Waals surface area contributed by atoms with Gasteiger partial charge < -0.3 is 19.9 Å². The molecule has 36 heavy (non-hydrogen) atoms. The van der Waals surface area contributed by atoms with Gasteiger partial charge in [-0.15, -0.1) is 0 Å². The average Bonchev–Trinajstić information content (AvgIpc) is 3.36. The van der Waals surface area contributed by atoms with Gasteiger partial charge in [-0.2, -0.15) is 0 Å². The van der Waals surface area contributed by atoms with Gasteiger partial charge in [-0.05, 0) is 73.7 Å². The van der Waals surface area contributed by atoms with Crippen molar-refractivity contribution in [1.82, 2.24) is 10.2 Å². The third-order valence-corrected chi connectivity index (χ3v) is 11.9. The Kier molecular flexibility index (Phi) is 6.08. The molecule has 2 N–H and O–H groups in total. The molecule has 0 bridgehead atoms. The van der Waals surface area contributed by atoms with Crippen LogP contribution in [0.15, 0.2) is 11.6 Å². The molecule has 0 amide bonds. The third kappa shape index (κ3) is 3.63. The number of fused-ring (bicyclic) bond motifs is 5. The fraction of sp³-hybridized carbons (Fsp3) is 0.862. The number of hydrogen-bond acceptors (Lipinski definition) is 7. The highest BCUT2D eigenvalue weighted by molar-refractivity contribution is 5.85. The highest BCUT2D eigenvalue weighted by Crippen LogP contribution is 2.70. The van der Waals surface area contributed by atoms with Gasteiger partial charge in [0, 0.05) is 63.0 Å². The highest BCUT2D eigenvalue weighted by Gasteiger charge is 2.71. The van der Waals surface area contributed by atoms with Crippen molar-refractivity contribution in [3.63, 3.8) is 0 Å². The summed E-state index contributed by atoms with van der Waals surface area (Å²) in [7, 11) is 0. The summed E-state index contributed by atoms with van der Waals surface area (Å²) in [6.07, 6.45) is 9.63. The van der Waals surface area contributed by atoms with Crippen LogP contribution in [0, 0.1) is 34.5 Å². The first kappa shape index (κ1) is 24.9. The molecule has 4 saturated carbocycles. The number of carbonyl (C=O) groups is 2. The van der Waals surface area contributed by atoms with Crippen LogP contribution in [0.5, 0.6) is 0 Å². The summed E-state index contributed by atoms with van der Waals surface area (Å²) in [6.45, 7) is 10.9. The van der Waals surface area contributed by atoms with Gasteiger partial charge in [0.15, 0.2) is 0 Å². The number of piperazine rings is 1. The first-order valence-corrected chi connectivity index (χ1v) is 14.4. The Morgan fingerprint density at radius 1 is 1.14 bits per heavy atom. The summed E-state index contributed by atoms with van der Waals surface area (Å²) in [5, 5.41) is 16.1. The van der Waals surface area contributed by atoms with Crippen molar-refractivity contribution < 1.29 is 24.2 Å². The number of carbonyl (C=O) groups excluding carboxylic acids is 2. The standard InChI is InChI=1S/C29H44N2O5/c1-18(32)36-24-16-29(34)23-5-4-20-15-21(31-12-10-30-11-13-31)6-8-27(20,2)22(23)7-9-28(29,3)26(24)19-14-25(33)35-17-19/h14,20-24,26,30,34H,4-13,15-17H2,1-3H3/t20-,21+,22+,23-,24+,26+,27+,28-,29+/m1/s1. The van der Waals surface area contributed by atoms with Crippen LogP contribution in [0.2, 0.25) is 0 Å². The molecular formula is C29H44N2O5. The summed E-state index contributed by atoms with van der Waals surface area (Å²) < 4.78 is 11.1. The fourth-order valence-electron chi connectivity index (χ4n) is 10.1. The normalized spacial score (nSPS) is 48.9. The van der Waals surface area contributed by atoms with Gasteiger partial charge >= 0.3 is 11.9 Å². The predicted octanol–water partition coefficient (Wildman–Crippen LogP) is 3.06. The van der Waals surface area contributed by atoms with E-state index >= 15 is 0 Å². The summed E-state index contributed by atoms with van der Waals surface area (Å²) in [4.78, 5) is 26.8. The van der Waals surface area contributed by atoms with E-state index in [-0.39, 0.29) is 35.8 Å². The van der Waals surface area contributed by atoms with Gasteiger partial charge in [0.25, 0.3) is 0 Å². The molecule has 0 aromatic carbocycles. The quantitative estimate of drug-likeness (QED) is 0.576. The van der Waals surface area contributed by atoms with E-state index in [4.69, 9.17) is 9.47 Å². The van der Waals surface area contributed by atoms with Gasteiger partial charge in [0.1, 0.15) is 12.7 Å². The van der Waals surface area contributed by atoms with E-state index in [0.717, 1.165) is 37.9 Å². The van der Waals surface area contributed by atoms with Gasteiger partial charge in [0.05, 0.1) is 5.60 Å². The highest BCUT2D eigenvalue weighted by atomic mass is 16.5. The maximum Gasteiger partial charge on any atom is 0.331 e.